The second kappa shape index (κ2) is 7.09. The van der Waals surface area contributed by atoms with Crippen LogP contribution in [0.25, 0.3) is 0 Å². The average molecular weight is 339 g/mol. The van der Waals surface area contributed by atoms with Crippen molar-refractivity contribution < 1.29 is 0 Å². The van der Waals surface area contributed by atoms with Crippen molar-refractivity contribution in [3.8, 4) is 0 Å². The number of nitrogens with two attached hydrogens (primary N) is 1. The molecule has 0 aliphatic heterocycles. The van der Waals surface area contributed by atoms with E-state index >= 15 is 0 Å². The van der Waals surface area contributed by atoms with Gasteiger partial charge in [0.2, 0.25) is 0 Å². The summed E-state index contributed by atoms with van der Waals surface area (Å²) in [5.41, 5.74) is 8.50. The standard InChI is InChI=1S/C16H17BrClN/c17-15-3-1-2-13(10-15)9-14(11-19)8-12-4-6-16(18)7-5-12/h1-7,10,14H,8-9,11,19H2. The summed E-state index contributed by atoms with van der Waals surface area (Å²) in [7, 11) is 0. The van der Waals surface area contributed by atoms with Crippen molar-refractivity contribution in [3.05, 3.63) is 69.2 Å². The van der Waals surface area contributed by atoms with Crippen LogP contribution in [0.5, 0.6) is 0 Å². The van der Waals surface area contributed by atoms with Gasteiger partial charge in [0.25, 0.3) is 0 Å². The van der Waals surface area contributed by atoms with Crippen LogP contribution in [-0.4, -0.2) is 6.54 Å². The van der Waals surface area contributed by atoms with Gasteiger partial charge in [-0.25, -0.2) is 0 Å². The SMILES string of the molecule is NCC(Cc1ccc(Cl)cc1)Cc1cccc(Br)c1. The van der Waals surface area contributed by atoms with E-state index in [1.165, 1.54) is 11.1 Å². The predicted molar refractivity (Wildman–Crippen MR) is 85.5 cm³/mol. The number of halogens is 2. The van der Waals surface area contributed by atoms with Gasteiger partial charge < -0.3 is 5.73 Å². The molecule has 19 heavy (non-hydrogen) atoms. The zero-order valence-electron chi connectivity index (χ0n) is 10.7. The Morgan fingerprint density at radius 2 is 1.68 bits per heavy atom. The molecule has 1 nitrogen and oxygen atoms in total. The first-order chi connectivity index (χ1) is 9.17. The van der Waals surface area contributed by atoms with Crippen LogP contribution in [0.1, 0.15) is 11.1 Å². The second-order valence-corrected chi connectivity index (χ2v) is 6.12. The van der Waals surface area contributed by atoms with Gasteiger partial charge in [0, 0.05) is 9.50 Å². The molecular formula is C16H17BrClN. The molecule has 2 aromatic rings. The summed E-state index contributed by atoms with van der Waals surface area (Å²) in [6.45, 7) is 0.690. The summed E-state index contributed by atoms with van der Waals surface area (Å²) in [4.78, 5) is 0. The number of benzene rings is 2. The molecule has 0 radical (unpaired) electrons. The van der Waals surface area contributed by atoms with Crippen molar-refractivity contribution in [2.45, 2.75) is 12.8 Å². The monoisotopic (exact) mass is 337 g/mol. The van der Waals surface area contributed by atoms with E-state index in [1.54, 1.807) is 0 Å². The summed E-state index contributed by atoms with van der Waals surface area (Å²) >= 11 is 9.40. The molecule has 100 valence electrons. The molecule has 0 aliphatic carbocycles. The van der Waals surface area contributed by atoms with Crippen LogP contribution in [0, 0.1) is 5.92 Å². The van der Waals surface area contributed by atoms with Crippen molar-refractivity contribution in [2.75, 3.05) is 6.54 Å². The maximum absolute atomic E-state index is 5.90. The molecule has 0 saturated carbocycles. The maximum Gasteiger partial charge on any atom is 0.0406 e. The first-order valence-corrected chi connectivity index (χ1v) is 7.53. The lowest BCUT2D eigenvalue weighted by atomic mass is 9.93. The van der Waals surface area contributed by atoms with Crippen molar-refractivity contribution >= 4 is 27.5 Å². The van der Waals surface area contributed by atoms with Crippen LogP contribution in [0.3, 0.4) is 0 Å². The molecule has 0 bridgehead atoms. The molecule has 2 N–H and O–H groups in total. The molecule has 0 spiro atoms. The van der Waals surface area contributed by atoms with E-state index in [1.807, 2.05) is 18.2 Å². The first-order valence-electron chi connectivity index (χ1n) is 6.36. The van der Waals surface area contributed by atoms with Crippen LogP contribution in [0.4, 0.5) is 0 Å². The van der Waals surface area contributed by atoms with Crippen molar-refractivity contribution in [1.82, 2.24) is 0 Å². The molecular weight excluding hydrogens is 322 g/mol. The van der Waals surface area contributed by atoms with Crippen LogP contribution in [0.2, 0.25) is 5.02 Å². The quantitative estimate of drug-likeness (QED) is 0.855. The molecule has 2 aromatic carbocycles. The summed E-state index contributed by atoms with van der Waals surface area (Å²) in [5.74, 6) is 0.454. The Morgan fingerprint density at radius 3 is 2.32 bits per heavy atom. The molecule has 1 unspecified atom stereocenters. The Hall–Kier alpha value is -0.830. The second-order valence-electron chi connectivity index (χ2n) is 4.77. The molecule has 0 saturated heterocycles. The molecule has 0 aromatic heterocycles. The van der Waals surface area contributed by atoms with Gasteiger partial charge in [0.1, 0.15) is 0 Å². The third-order valence-corrected chi connectivity index (χ3v) is 3.93. The van der Waals surface area contributed by atoms with E-state index in [0.29, 0.717) is 12.5 Å². The fraction of sp³-hybridized carbons (Fsp3) is 0.250. The van der Waals surface area contributed by atoms with Gasteiger partial charge in [-0.15, -0.1) is 0 Å². The summed E-state index contributed by atoms with van der Waals surface area (Å²) in [6, 6.07) is 16.4. The Kier molecular flexibility index (Phi) is 5.44. The fourth-order valence-corrected chi connectivity index (χ4v) is 2.76. The predicted octanol–water partition coefficient (Wildman–Crippen LogP) is 4.46. The van der Waals surface area contributed by atoms with Crippen LogP contribution in [-0.2, 0) is 12.8 Å². The van der Waals surface area contributed by atoms with Gasteiger partial charge in [-0.3, -0.25) is 0 Å². The Morgan fingerprint density at radius 1 is 1.00 bits per heavy atom. The summed E-state index contributed by atoms with van der Waals surface area (Å²) in [6.07, 6.45) is 1.98. The zero-order chi connectivity index (χ0) is 13.7. The van der Waals surface area contributed by atoms with Gasteiger partial charge in [0.05, 0.1) is 0 Å². The fourth-order valence-electron chi connectivity index (χ4n) is 2.19. The van der Waals surface area contributed by atoms with E-state index in [9.17, 15) is 0 Å². The molecule has 0 heterocycles. The minimum Gasteiger partial charge on any atom is -0.330 e. The van der Waals surface area contributed by atoms with Gasteiger partial charge in [0.15, 0.2) is 0 Å². The minimum atomic E-state index is 0.454. The molecule has 3 heteroatoms. The molecule has 2 rings (SSSR count). The Labute approximate surface area is 127 Å². The van der Waals surface area contributed by atoms with E-state index in [2.05, 4.69) is 46.3 Å². The minimum absolute atomic E-state index is 0.454. The van der Waals surface area contributed by atoms with Gasteiger partial charge in [-0.1, -0.05) is 51.8 Å². The van der Waals surface area contributed by atoms with E-state index in [-0.39, 0.29) is 0 Å². The Balaban J connectivity index is 2.02. The van der Waals surface area contributed by atoms with Crippen LogP contribution >= 0.6 is 27.5 Å². The van der Waals surface area contributed by atoms with Crippen molar-refractivity contribution in [1.29, 1.82) is 0 Å². The van der Waals surface area contributed by atoms with Crippen LogP contribution < -0.4 is 5.73 Å². The first kappa shape index (κ1) is 14.6. The molecule has 0 aliphatic rings. The van der Waals surface area contributed by atoms with Gasteiger partial charge in [-0.05, 0) is 60.7 Å². The largest absolute Gasteiger partial charge is 0.330 e. The number of hydrogen-bond acceptors (Lipinski definition) is 1. The normalized spacial score (nSPS) is 12.4. The maximum atomic E-state index is 5.90. The highest BCUT2D eigenvalue weighted by Crippen LogP contribution is 2.18. The lowest BCUT2D eigenvalue weighted by Crippen LogP contribution is -2.19. The van der Waals surface area contributed by atoms with Crippen molar-refractivity contribution in [3.63, 3.8) is 0 Å². The molecule has 1 atom stereocenters. The lowest BCUT2D eigenvalue weighted by molar-refractivity contribution is 0.533. The summed E-state index contributed by atoms with van der Waals surface area (Å²) < 4.78 is 1.12. The zero-order valence-corrected chi connectivity index (χ0v) is 13.0. The van der Waals surface area contributed by atoms with Crippen LogP contribution in [0.15, 0.2) is 53.0 Å². The molecule has 0 amide bonds. The third-order valence-electron chi connectivity index (χ3n) is 3.18. The Bertz CT molecular complexity index is 525. The van der Waals surface area contributed by atoms with Gasteiger partial charge in [-0.2, -0.15) is 0 Å². The van der Waals surface area contributed by atoms with E-state index in [4.69, 9.17) is 17.3 Å². The number of rotatable bonds is 5. The smallest absolute Gasteiger partial charge is 0.0406 e. The average Bonchev–Trinajstić information content (AvgIpc) is 2.40. The lowest BCUT2D eigenvalue weighted by Gasteiger charge is -2.15. The summed E-state index contributed by atoms with van der Waals surface area (Å²) in [5, 5.41) is 0.778. The van der Waals surface area contributed by atoms with Gasteiger partial charge >= 0.3 is 0 Å². The van der Waals surface area contributed by atoms with E-state index < -0.39 is 0 Å². The topological polar surface area (TPSA) is 26.0 Å². The molecule has 0 fully saturated rings. The van der Waals surface area contributed by atoms with E-state index in [0.717, 1.165) is 22.3 Å². The number of hydrogen-bond donors (Lipinski definition) is 1. The van der Waals surface area contributed by atoms with Crippen molar-refractivity contribution in [2.24, 2.45) is 11.7 Å². The third kappa shape index (κ3) is 4.64. The highest BCUT2D eigenvalue weighted by Gasteiger charge is 2.09. The highest BCUT2D eigenvalue weighted by atomic mass is 79.9. The highest BCUT2D eigenvalue weighted by molar-refractivity contribution is 9.10.